The third kappa shape index (κ3) is 5.60. The lowest BCUT2D eigenvalue weighted by Crippen LogP contribution is -2.34. The van der Waals surface area contributed by atoms with Crippen LogP contribution in [0.5, 0.6) is 0 Å². The van der Waals surface area contributed by atoms with E-state index in [0.717, 1.165) is 26.7 Å². The molecule has 1 aliphatic rings. The van der Waals surface area contributed by atoms with E-state index in [1.807, 2.05) is 105 Å². The van der Waals surface area contributed by atoms with Crippen LogP contribution in [0.25, 0.3) is 0 Å². The zero-order chi connectivity index (χ0) is 27.5. The third-order valence-corrected chi connectivity index (χ3v) is 8.70. The molecular weight excluding hydrogens is 526 g/mol. The van der Waals surface area contributed by atoms with Crippen molar-refractivity contribution in [3.8, 4) is 0 Å². The highest BCUT2D eigenvalue weighted by molar-refractivity contribution is 8.00. The summed E-state index contributed by atoms with van der Waals surface area (Å²) in [5.41, 5.74) is 3.49. The molecule has 0 fully saturated rings. The van der Waals surface area contributed by atoms with Crippen LogP contribution in [0.3, 0.4) is 0 Å². The fraction of sp³-hybridized carbons (Fsp3) is 0.267. The summed E-state index contributed by atoms with van der Waals surface area (Å²) in [6, 6.07) is 23.1. The van der Waals surface area contributed by atoms with E-state index in [2.05, 4.69) is 15.5 Å². The highest BCUT2D eigenvalue weighted by Crippen LogP contribution is 2.48. The number of nitrogens with zero attached hydrogens (tertiary/aromatic N) is 4. The van der Waals surface area contributed by atoms with Crippen molar-refractivity contribution in [2.24, 2.45) is 5.92 Å². The summed E-state index contributed by atoms with van der Waals surface area (Å²) in [4.78, 5) is 30.6. The highest BCUT2D eigenvalue weighted by atomic mass is 32.2. The number of rotatable bonds is 8. The molecule has 5 rings (SSSR count). The van der Waals surface area contributed by atoms with Crippen LogP contribution in [0.15, 0.2) is 87.7 Å². The Kier molecular flexibility index (Phi) is 8.09. The molecule has 0 saturated carbocycles. The number of nitrogens with one attached hydrogen (secondary N) is 1. The van der Waals surface area contributed by atoms with E-state index in [0.29, 0.717) is 23.1 Å². The normalized spacial score (nSPS) is 13.1. The zero-order valence-electron chi connectivity index (χ0n) is 22.4. The quantitative estimate of drug-likeness (QED) is 0.244. The molecule has 0 unspecified atom stereocenters. The van der Waals surface area contributed by atoms with Gasteiger partial charge in [-0.05, 0) is 56.2 Å². The predicted molar refractivity (Wildman–Crippen MR) is 157 cm³/mol. The van der Waals surface area contributed by atoms with Crippen LogP contribution in [0, 0.1) is 12.8 Å². The first kappa shape index (κ1) is 27.0. The Bertz CT molecular complexity index is 1450. The van der Waals surface area contributed by atoms with Crippen LogP contribution in [0.1, 0.15) is 48.6 Å². The van der Waals surface area contributed by atoms with Crippen molar-refractivity contribution in [1.82, 2.24) is 20.1 Å². The van der Waals surface area contributed by atoms with Crippen molar-refractivity contribution in [2.75, 3.05) is 10.7 Å². The van der Waals surface area contributed by atoms with Crippen molar-refractivity contribution in [3.63, 3.8) is 0 Å². The number of benzene rings is 3. The van der Waals surface area contributed by atoms with Gasteiger partial charge < -0.3 is 9.88 Å². The Morgan fingerprint density at radius 2 is 1.54 bits per heavy atom. The molecule has 1 aliphatic heterocycles. The Morgan fingerprint density at radius 1 is 0.923 bits per heavy atom. The molecule has 0 aliphatic carbocycles. The van der Waals surface area contributed by atoms with Gasteiger partial charge in [0.15, 0.2) is 11.0 Å². The van der Waals surface area contributed by atoms with Gasteiger partial charge in [-0.25, -0.2) is 0 Å². The number of carbonyl (C=O) groups is 2. The lowest BCUT2D eigenvalue weighted by Gasteiger charge is -2.31. The Labute approximate surface area is 237 Å². The van der Waals surface area contributed by atoms with Crippen LogP contribution < -0.4 is 10.2 Å². The third-order valence-electron chi connectivity index (χ3n) is 6.61. The van der Waals surface area contributed by atoms with Crippen LogP contribution in [-0.4, -0.2) is 32.3 Å². The molecule has 39 heavy (non-hydrogen) atoms. The van der Waals surface area contributed by atoms with E-state index in [1.165, 1.54) is 11.8 Å². The molecule has 1 atom stereocenters. The van der Waals surface area contributed by atoms with Crippen molar-refractivity contribution < 1.29 is 9.59 Å². The summed E-state index contributed by atoms with van der Waals surface area (Å²) in [7, 11) is 0. The molecule has 2 amide bonds. The summed E-state index contributed by atoms with van der Waals surface area (Å²) in [6.07, 6.45) is 0. The largest absolute Gasteiger partial charge is 0.342 e. The predicted octanol–water partition coefficient (Wildman–Crippen LogP) is 6.66. The van der Waals surface area contributed by atoms with E-state index in [-0.39, 0.29) is 29.5 Å². The first-order chi connectivity index (χ1) is 18.9. The van der Waals surface area contributed by atoms with E-state index in [4.69, 9.17) is 0 Å². The SMILES string of the molecule is CCn1c(SCC(=O)N2c3ccccc3Sc3ccccc32)nnc1[C@H](NC(=O)c1ccc(C)cc1)C(C)C. The Morgan fingerprint density at radius 3 is 2.13 bits per heavy atom. The van der Waals surface area contributed by atoms with Crippen LogP contribution in [-0.2, 0) is 11.3 Å². The molecular formula is C30H31N5O2S2. The van der Waals surface area contributed by atoms with E-state index >= 15 is 0 Å². The molecule has 7 nitrogen and oxygen atoms in total. The second-order valence-corrected chi connectivity index (χ2v) is 11.7. The fourth-order valence-electron chi connectivity index (χ4n) is 4.56. The molecule has 1 N–H and O–H groups in total. The van der Waals surface area contributed by atoms with E-state index < -0.39 is 0 Å². The molecule has 0 radical (unpaired) electrons. The minimum absolute atomic E-state index is 0.0273. The molecule has 4 aromatic rings. The van der Waals surface area contributed by atoms with Gasteiger partial charge in [-0.1, -0.05) is 79.3 Å². The average Bonchev–Trinajstić information content (AvgIpc) is 3.35. The maximum atomic E-state index is 13.7. The maximum Gasteiger partial charge on any atom is 0.251 e. The fourth-order valence-corrected chi connectivity index (χ4v) is 6.47. The number of thioether (sulfide) groups is 1. The summed E-state index contributed by atoms with van der Waals surface area (Å²) < 4.78 is 1.99. The van der Waals surface area contributed by atoms with Crippen molar-refractivity contribution in [2.45, 2.75) is 55.2 Å². The minimum atomic E-state index is -0.325. The van der Waals surface area contributed by atoms with Crippen molar-refractivity contribution >= 4 is 46.7 Å². The van der Waals surface area contributed by atoms with Crippen LogP contribution in [0.2, 0.25) is 0 Å². The first-order valence-corrected chi connectivity index (χ1v) is 14.8. The Balaban J connectivity index is 1.36. The first-order valence-electron chi connectivity index (χ1n) is 13.0. The number of amides is 2. The van der Waals surface area contributed by atoms with Gasteiger partial charge in [0.1, 0.15) is 0 Å². The number of hydrogen-bond acceptors (Lipinski definition) is 6. The van der Waals surface area contributed by atoms with Gasteiger partial charge >= 0.3 is 0 Å². The molecule has 3 aromatic carbocycles. The maximum absolute atomic E-state index is 13.7. The summed E-state index contributed by atoms with van der Waals surface area (Å²) in [6.45, 7) is 8.73. The Hall–Kier alpha value is -3.56. The van der Waals surface area contributed by atoms with Gasteiger partial charge in [0.2, 0.25) is 5.91 Å². The summed E-state index contributed by atoms with van der Waals surface area (Å²) >= 11 is 3.04. The van der Waals surface area contributed by atoms with Gasteiger partial charge in [-0.15, -0.1) is 10.2 Å². The second kappa shape index (κ2) is 11.7. The molecule has 0 saturated heterocycles. The number of aromatic nitrogens is 3. The standard InChI is InChI=1S/C30H31N5O2S2/c1-5-34-28(27(19(2)3)31-29(37)21-16-14-20(4)15-17-21)32-33-30(34)38-18-26(36)35-22-10-6-8-12-24(22)39-25-13-9-7-11-23(25)35/h6-17,19,27H,5,18H2,1-4H3,(H,31,37)/t27-/m1/s1. The van der Waals surface area contributed by atoms with E-state index in [9.17, 15) is 9.59 Å². The lowest BCUT2D eigenvalue weighted by molar-refractivity contribution is -0.115. The number of anilines is 2. The molecule has 200 valence electrons. The average molecular weight is 558 g/mol. The molecule has 0 spiro atoms. The topological polar surface area (TPSA) is 80.1 Å². The monoisotopic (exact) mass is 557 g/mol. The molecule has 2 heterocycles. The van der Waals surface area contributed by atoms with Gasteiger partial charge in [-0.3, -0.25) is 14.5 Å². The van der Waals surface area contributed by atoms with Gasteiger partial charge in [0.25, 0.3) is 5.91 Å². The number of hydrogen-bond donors (Lipinski definition) is 1. The second-order valence-electron chi connectivity index (χ2n) is 9.70. The smallest absolute Gasteiger partial charge is 0.251 e. The minimum Gasteiger partial charge on any atom is -0.342 e. The van der Waals surface area contributed by atoms with Gasteiger partial charge in [0.05, 0.1) is 23.2 Å². The van der Waals surface area contributed by atoms with Crippen molar-refractivity contribution in [3.05, 3.63) is 89.7 Å². The summed E-state index contributed by atoms with van der Waals surface area (Å²) in [5.74, 6) is 0.804. The summed E-state index contributed by atoms with van der Waals surface area (Å²) in [5, 5.41) is 12.7. The lowest BCUT2D eigenvalue weighted by atomic mass is 10.0. The number of aryl methyl sites for hydroxylation is 1. The number of carbonyl (C=O) groups excluding carboxylic acids is 2. The van der Waals surface area contributed by atoms with Crippen LogP contribution in [0.4, 0.5) is 11.4 Å². The van der Waals surface area contributed by atoms with Crippen molar-refractivity contribution in [1.29, 1.82) is 0 Å². The number of fused-ring (bicyclic) bond motifs is 2. The molecule has 0 bridgehead atoms. The van der Waals surface area contributed by atoms with Gasteiger partial charge in [0, 0.05) is 21.9 Å². The van der Waals surface area contributed by atoms with E-state index in [1.54, 1.807) is 16.7 Å². The highest BCUT2D eigenvalue weighted by Gasteiger charge is 2.29. The molecule has 9 heteroatoms. The number of para-hydroxylation sites is 2. The zero-order valence-corrected chi connectivity index (χ0v) is 24.1. The van der Waals surface area contributed by atoms with Gasteiger partial charge in [-0.2, -0.15) is 0 Å². The van der Waals surface area contributed by atoms with Crippen LogP contribution >= 0.6 is 23.5 Å². The molecule has 1 aromatic heterocycles.